The van der Waals surface area contributed by atoms with E-state index < -0.39 is 0 Å². The zero-order valence-corrected chi connectivity index (χ0v) is 14.8. The number of amides is 1. The van der Waals surface area contributed by atoms with E-state index in [0.717, 1.165) is 24.1 Å². The molecule has 0 aliphatic heterocycles. The minimum atomic E-state index is 0. The van der Waals surface area contributed by atoms with Crippen LogP contribution in [0.15, 0.2) is 30.6 Å². The molecule has 0 unspecified atom stereocenters. The highest BCUT2D eigenvalue weighted by Gasteiger charge is 2.04. The molecule has 0 bridgehead atoms. The lowest BCUT2D eigenvalue weighted by Crippen LogP contribution is -2.33. The molecule has 2 N–H and O–H groups in total. The molecule has 1 amide bonds. The first-order valence-corrected chi connectivity index (χ1v) is 7.17. The topological polar surface area (TPSA) is 68.2 Å². The number of hydrogen-bond donors (Lipinski definition) is 2. The van der Waals surface area contributed by atoms with Gasteiger partial charge in [-0.3, -0.25) is 4.79 Å². The Bertz CT molecular complexity index is 577. The third-order valence-electron chi connectivity index (χ3n) is 3.21. The Hall–Kier alpha value is -1.34. The smallest absolute Gasteiger partial charge is 0.221 e. The number of fused-ring (bicyclic) bond motifs is 1. The average molecular weight is 363 g/mol. The number of nitrogens with zero attached hydrogens (tertiary/aromatic N) is 2. The summed E-state index contributed by atoms with van der Waals surface area (Å²) in [5, 5.41) is 6.07. The van der Waals surface area contributed by atoms with E-state index in [0.29, 0.717) is 26.1 Å². The summed E-state index contributed by atoms with van der Waals surface area (Å²) in [4.78, 5) is 16.1. The SMILES string of the molecule is COCCNCCNC(=O)CCn1cnc2ccccc21.Cl.Cl. The van der Waals surface area contributed by atoms with Crippen molar-refractivity contribution in [2.24, 2.45) is 0 Å². The first kappa shape index (κ1) is 21.7. The maximum Gasteiger partial charge on any atom is 0.221 e. The molecule has 0 fully saturated rings. The van der Waals surface area contributed by atoms with E-state index in [4.69, 9.17) is 4.74 Å². The molecule has 0 atom stereocenters. The van der Waals surface area contributed by atoms with Crippen molar-refractivity contribution in [3.05, 3.63) is 30.6 Å². The molecule has 0 aliphatic rings. The molecule has 0 saturated heterocycles. The normalized spacial score (nSPS) is 9.96. The van der Waals surface area contributed by atoms with Crippen LogP contribution < -0.4 is 10.6 Å². The fourth-order valence-corrected chi connectivity index (χ4v) is 2.09. The monoisotopic (exact) mass is 362 g/mol. The van der Waals surface area contributed by atoms with E-state index in [-0.39, 0.29) is 30.7 Å². The predicted octanol–water partition coefficient (Wildman–Crippen LogP) is 1.62. The molecule has 0 radical (unpaired) electrons. The number of nitrogens with one attached hydrogen (secondary N) is 2. The van der Waals surface area contributed by atoms with Gasteiger partial charge in [0, 0.05) is 39.7 Å². The van der Waals surface area contributed by atoms with E-state index in [1.807, 2.05) is 28.8 Å². The van der Waals surface area contributed by atoms with Crippen molar-refractivity contribution >= 4 is 41.8 Å². The molecule has 1 aromatic carbocycles. The number of methoxy groups -OCH3 is 1. The van der Waals surface area contributed by atoms with Gasteiger partial charge in [-0.15, -0.1) is 24.8 Å². The van der Waals surface area contributed by atoms with E-state index >= 15 is 0 Å². The first-order valence-electron chi connectivity index (χ1n) is 7.17. The first-order chi connectivity index (χ1) is 10.3. The Morgan fingerprint density at radius 3 is 2.78 bits per heavy atom. The second kappa shape index (κ2) is 12.1. The highest BCUT2D eigenvalue weighted by atomic mass is 35.5. The number of imidazole rings is 1. The molecule has 23 heavy (non-hydrogen) atoms. The van der Waals surface area contributed by atoms with Crippen LogP contribution in [-0.2, 0) is 16.1 Å². The van der Waals surface area contributed by atoms with Crippen molar-refractivity contribution in [1.82, 2.24) is 20.2 Å². The van der Waals surface area contributed by atoms with Crippen LogP contribution in [0.25, 0.3) is 11.0 Å². The number of carbonyl (C=O) groups is 1. The molecule has 0 saturated carbocycles. The van der Waals surface area contributed by atoms with Gasteiger partial charge in [0.15, 0.2) is 0 Å². The van der Waals surface area contributed by atoms with Crippen molar-refractivity contribution in [1.29, 1.82) is 0 Å². The van der Waals surface area contributed by atoms with Gasteiger partial charge in [-0.05, 0) is 12.1 Å². The Morgan fingerprint density at radius 2 is 2.00 bits per heavy atom. The summed E-state index contributed by atoms with van der Waals surface area (Å²) in [7, 11) is 1.67. The Balaban J connectivity index is 0.00000242. The number of carbonyl (C=O) groups excluding carboxylic acids is 1. The number of para-hydroxylation sites is 2. The summed E-state index contributed by atoms with van der Waals surface area (Å²) in [6.45, 7) is 3.51. The molecule has 0 spiro atoms. The van der Waals surface area contributed by atoms with Crippen LogP contribution in [0, 0.1) is 0 Å². The van der Waals surface area contributed by atoms with Crippen LogP contribution in [0.5, 0.6) is 0 Å². The second-order valence-corrected chi connectivity index (χ2v) is 4.77. The summed E-state index contributed by atoms with van der Waals surface area (Å²) >= 11 is 0. The lowest BCUT2D eigenvalue weighted by atomic mass is 10.3. The highest BCUT2D eigenvalue weighted by molar-refractivity contribution is 5.85. The van der Waals surface area contributed by atoms with Gasteiger partial charge in [0.25, 0.3) is 0 Å². The molecule has 6 nitrogen and oxygen atoms in total. The Labute approximate surface area is 148 Å². The fourth-order valence-electron chi connectivity index (χ4n) is 2.09. The van der Waals surface area contributed by atoms with E-state index in [9.17, 15) is 4.79 Å². The van der Waals surface area contributed by atoms with Crippen LogP contribution in [0.3, 0.4) is 0 Å². The van der Waals surface area contributed by atoms with E-state index in [2.05, 4.69) is 15.6 Å². The molecular weight excluding hydrogens is 339 g/mol. The molecule has 1 heterocycles. The van der Waals surface area contributed by atoms with Gasteiger partial charge in [-0.25, -0.2) is 4.98 Å². The number of aryl methyl sites for hydroxylation is 1. The van der Waals surface area contributed by atoms with Gasteiger partial charge in [0.2, 0.25) is 5.91 Å². The zero-order valence-electron chi connectivity index (χ0n) is 13.2. The molecule has 1 aromatic heterocycles. The quantitative estimate of drug-likeness (QED) is 0.665. The number of benzene rings is 1. The van der Waals surface area contributed by atoms with Gasteiger partial charge in [0.1, 0.15) is 0 Å². The Morgan fingerprint density at radius 1 is 1.22 bits per heavy atom. The molecule has 2 aromatic rings. The third-order valence-corrected chi connectivity index (χ3v) is 3.21. The fraction of sp³-hybridized carbons (Fsp3) is 0.467. The summed E-state index contributed by atoms with van der Waals surface area (Å²) in [6.07, 6.45) is 2.24. The predicted molar refractivity (Wildman–Crippen MR) is 96.6 cm³/mol. The van der Waals surface area contributed by atoms with Crippen LogP contribution in [0.1, 0.15) is 6.42 Å². The van der Waals surface area contributed by atoms with Crippen molar-refractivity contribution in [3.8, 4) is 0 Å². The maximum atomic E-state index is 11.8. The summed E-state index contributed by atoms with van der Waals surface area (Å²) in [6, 6.07) is 7.92. The van der Waals surface area contributed by atoms with Crippen molar-refractivity contribution in [2.75, 3.05) is 33.4 Å². The second-order valence-electron chi connectivity index (χ2n) is 4.77. The van der Waals surface area contributed by atoms with Crippen LogP contribution >= 0.6 is 24.8 Å². The molecule has 8 heteroatoms. The van der Waals surface area contributed by atoms with Crippen LogP contribution in [-0.4, -0.2) is 48.8 Å². The van der Waals surface area contributed by atoms with Gasteiger partial charge in [-0.2, -0.15) is 0 Å². The van der Waals surface area contributed by atoms with Crippen molar-refractivity contribution in [3.63, 3.8) is 0 Å². The zero-order chi connectivity index (χ0) is 14.9. The van der Waals surface area contributed by atoms with Gasteiger partial charge < -0.3 is 19.9 Å². The van der Waals surface area contributed by atoms with Gasteiger partial charge in [0.05, 0.1) is 24.0 Å². The minimum Gasteiger partial charge on any atom is -0.383 e. The largest absolute Gasteiger partial charge is 0.383 e. The summed E-state index contributed by atoms with van der Waals surface area (Å²) in [5.74, 6) is 0.0568. The molecular formula is C15H24Cl2N4O2. The number of hydrogen-bond acceptors (Lipinski definition) is 4. The maximum absolute atomic E-state index is 11.8. The number of aromatic nitrogens is 2. The lowest BCUT2D eigenvalue weighted by Gasteiger charge is -2.07. The standard InChI is InChI=1S/C15H22N4O2.2ClH/c1-21-11-9-16-7-8-17-15(20)6-10-19-12-18-13-4-2-3-5-14(13)19;;/h2-5,12,16H,6-11H2,1H3,(H,17,20);2*1H. The number of halogens is 2. The minimum absolute atomic E-state index is 0. The molecule has 130 valence electrons. The van der Waals surface area contributed by atoms with Crippen molar-refractivity contribution < 1.29 is 9.53 Å². The van der Waals surface area contributed by atoms with Gasteiger partial charge >= 0.3 is 0 Å². The average Bonchev–Trinajstić information content (AvgIpc) is 2.92. The van der Waals surface area contributed by atoms with E-state index in [1.165, 1.54) is 0 Å². The van der Waals surface area contributed by atoms with E-state index in [1.54, 1.807) is 13.4 Å². The number of ether oxygens (including phenoxy) is 1. The molecule has 0 aliphatic carbocycles. The highest BCUT2D eigenvalue weighted by Crippen LogP contribution is 2.11. The summed E-state index contributed by atoms with van der Waals surface area (Å²) in [5.41, 5.74) is 2.02. The Kier molecular flexibility index (Phi) is 11.4. The molecule has 2 rings (SSSR count). The lowest BCUT2D eigenvalue weighted by molar-refractivity contribution is -0.121. The van der Waals surface area contributed by atoms with Crippen LogP contribution in [0.4, 0.5) is 0 Å². The third kappa shape index (κ3) is 7.18. The number of rotatable bonds is 9. The van der Waals surface area contributed by atoms with Gasteiger partial charge in [-0.1, -0.05) is 12.1 Å². The van der Waals surface area contributed by atoms with Crippen molar-refractivity contribution in [2.45, 2.75) is 13.0 Å². The van der Waals surface area contributed by atoms with Crippen LogP contribution in [0.2, 0.25) is 0 Å². The summed E-state index contributed by atoms with van der Waals surface area (Å²) < 4.78 is 6.93.